The lowest BCUT2D eigenvalue weighted by Gasteiger charge is -2.18. The number of nitrogens with one attached hydrogen (secondary N) is 1. The summed E-state index contributed by atoms with van der Waals surface area (Å²) in [5.74, 6) is 0.618. The number of carbonyl (C=O) groups excluding carboxylic acids is 1. The molecule has 0 saturated heterocycles. The van der Waals surface area contributed by atoms with E-state index in [0.717, 1.165) is 17.7 Å². The fraction of sp³-hybridized carbons (Fsp3) is 0.250. The van der Waals surface area contributed by atoms with E-state index >= 15 is 0 Å². The second-order valence-electron chi connectivity index (χ2n) is 5.99. The minimum absolute atomic E-state index is 0.0491. The lowest BCUT2D eigenvalue weighted by atomic mass is 10.0. The van der Waals surface area contributed by atoms with Gasteiger partial charge in [-0.3, -0.25) is 14.3 Å². The molecule has 6 heteroatoms. The first-order valence-corrected chi connectivity index (χ1v) is 8.50. The number of rotatable bonds is 6. The van der Waals surface area contributed by atoms with Gasteiger partial charge in [0.1, 0.15) is 12.3 Å². The van der Waals surface area contributed by atoms with E-state index in [-0.39, 0.29) is 23.9 Å². The van der Waals surface area contributed by atoms with Crippen molar-refractivity contribution < 1.29 is 9.53 Å². The van der Waals surface area contributed by atoms with Gasteiger partial charge in [0.2, 0.25) is 11.3 Å². The van der Waals surface area contributed by atoms with Gasteiger partial charge in [0.15, 0.2) is 0 Å². The zero-order valence-electron chi connectivity index (χ0n) is 14.8. The van der Waals surface area contributed by atoms with Crippen molar-refractivity contribution in [3.05, 3.63) is 70.5 Å². The molecule has 0 spiro atoms. The first kappa shape index (κ1) is 17.7. The Labute approximate surface area is 151 Å². The van der Waals surface area contributed by atoms with Crippen LogP contribution in [-0.4, -0.2) is 22.8 Å². The zero-order chi connectivity index (χ0) is 18.5. The predicted molar refractivity (Wildman–Crippen MR) is 100 cm³/mol. The fourth-order valence-corrected chi connectivity index (χ4v) is 2.92. The molecule has 0 aliphatic carbocycles. The summed E-state index contributed by atoms with van der Waals surface area (Å²) >= 11 is 0. The molecule has 3 aromatic rings. The number of ether oxygens (including phenoxy) is 1. The summed E-state index contributed by atoms with van der Waals surface area (Å²) < 4.78 is 6.72. The van der Waals surface area contributed by atoms with Gasteiger partial charge in [0, 0.05) is 5.39 Å². The quantitative estimate of drug-likeness (QED) is 0.741. The van der Waals surface area contributed by atoms with E-state index in [1.807, 2.05) is 37.3 Å². The molecule has 1 amide bonds. The smallest absolute Gasteiger partial charge is 0.242 e. The maximum Gasteiger partial charge on any atom is 0.242 e. The molecule has 0 radical (unpaired) electrons. The third kappa shape index (κ3) is 3.74. The van der Waals surface area contributed by atoms with Gasteiger partial charge in [-0.05, 0) is 36.2 Å². The molecule has 1 aromatic heterocycles. The summed E-state index contributed by atoms with van der Waals surface area (Å²) in [6.07, 6.45) is 2.01. The molecule has 0 aliphatic rings. The number of methoxy groups -OCH3 is 1. The Morgan fingerprint density at radius 3 is 2.62 bits per heavy atom. The second kappa shape index (κ2) is 7.82. The number of carbonyl (C=O) groups is 1. The van der Waals surface area contributed by atoms with Crippen molar-refractivity contribution in [3.8, 4) is 5.75 Å². The molecule has 1 heterocycles. The van der Waals surface area contributed by atoms with Crippen LogP contribution < -0.4 is 15.5 Å². The van der Waals surface area contributed by atoms with Crippen molar-refractivity contribution in [2.45, 2.75) is 25.9 Å². The summed E-state index contributed by atoms with van der Waals surface area (Å²) in [4.78, 5) is 24.4. The van der Waals surface area contributed by atoms with Crippen LogP contribution in [0.5, 0.6) is 5.75 Å². The van der Waals surface area contributed by atoms with Gasteiger partial charge in [-0.15, -0.1) is 0 Å². The number of aromatic nitrogens is 2. The summed E-state index contributed by atoms with van der Waals surface area (Å²) in [5.41, 5.74) is 1.51. The normalized spacial score (nSPS) is 11.9. The van der Waals surface area contributed by atoms with Gasteiger partial charge >= 0.3 is 0 Å². The van der Waals surface area contributed by atoms with Crippen LogP contribution in [0.3, 0.4) is 0 Å². The first-order chi connectivity index (χ1) is 12.6. The van der Waals surface area contributed by atoms with Gasteiger partial charge in [-0.25, -0.2) is 0 Å². The Hall–Kier alpha value is -3.15. The van der Waals surface area contributed by atoms with Gasteiger partial charge in [-0.1, -0.05) is 31.2 Å². The fourth-order valence-electron chi connectivity index (χ4n) is 2.92. The molecule has 1 atom stereocenters. The van der Waals surface area contributed by atoms with E-state index < -0.39 is 0 Å². The van der Waals surface area contributed by atoms with Crippen LogP contribution in [0.2, 0.25) is 0 Å². The third-order valence-corrected chi connectivity index (χ3v) is 4.32. The molecule has 0 aliphatic heterocycles. The Kier molecular flexibility index (Phi) is 5.31. The van der Waals surface area contributed by atoms with Crippen molar-refractivity contribution in [2.75, 3.05) is 7.11 Å². The van der Waals surface area contributed by atoms with E-state index in [1.165, 1.54) is 6.20 Å². The molecular formula is C20H21N3O3. The molecule has 0 bridgehead atoms. The van der Waals surface area contributed by atoms with Gasteiger partial charge < -0.3 is 10.1 Å². The Morgan fingerprint density at radius 1 is 1.19 bits per heavy atom. The first-order valence-electron chi connectivity index (χ1n) is 8.50. The highest BCUT2D eigenvalue weighted by Crippen LogP contribution is 2.20. The number of benzene rings is 2. The number of amides is 1. The summed E-state index contributed by atoms with van der Waals surface area (Å²) in [6.45, 7) is 2.07. The molecule has 0 fully saturated rings. The van der Waals surface area contributed by atoms with E-state index in [1.54, 1.807) is 30.0 Å². The van der Waals surface area contributed by atoms with E-state index in [0.29, 0.717) is 10.9 Å². The summed E-state index contributed by atoms with van der Waals surface area (Å²) in [6, 6.07) is 14.7. The minimum Gasteiger partial charge on any atom is -0.497 e. The number of hydrogen-bond acceptors (Lipinski definition) is 4. The zero-order valence-corrected chi connectivity index (χ0v) is 14.8. The number of fused-ring (bicyclic) bond motifs is 1. The average Bonchev–Trinajstić information content (AvgIpc) is 2.68. The molecule has 6 nitrogen and oxygen atoms in total. The largest absolute Gasteiger partial charge is 0.497 e. The van der Waals surface area contributed by atoms with Crippen molar-refractivity contribution in [3.63, 3.8) is 0 Å². The lowest BCUT2D eigenvalue weighted by Crippen LogP contribution is -2.32. The number of para-hydroxylation sites is 1. The van der Waals surface area contributed by atoms with Crippen molar-refractivity contribution >= 4 is 16.8 Å². The van der Waals surface area contributed by atoms with E-state index in [2.05, 4.69) is 10.4 Å². The molecule has 26 heavy (non-hydrogen) atoms. The van der Waals surface area contributed by atoms with E-state index in [9.17, 15) is 9.59 Å². The van der Waals surface area contributed by atoms with Crippen LogP contribution in [-0.2, 0) is 11.3 Å². The van der Waals surface area contributed by atoms with Crippen LogP contribution in [0.1, 0.15) is 24.9 Å². The van der Waals surface area contributed by atoms with Gasteiger partial charge in [0.25, 0.3) is 0 Å². The van der Waals surface area contributed by atoms with Crippen molar-refractivity contribution in [2.24, 2.45) is 0 Å². The second-order valence-corrected chi connectivity index (χ2v) is 5.99. The predicted octanol–water partition coefficient (Wildman–Crippen LogP) is 2.67. The van der Waals surface area contributed by atoms with Crippen molar-refractivity contribution in [1.82, 2.24) is 15.1 Å². The maximum absolute atomic E-state index is 12.5. The van der Waals surface area contributed by atoms with Crippen LogP contribution in [0.25, 0.3) is 10.9 Å². The van der Waals surface area contributed by atoms with E-state index in [4.69, 9.17) is 4.74 Å². The molecule has 0 saturated carbocycles. The highest BCUT2D eigenvalue weighted by atomic mass is 16.5. The standard InChI is InChI=1S/C20H21N3O3/c1-3-17(14-8-10-15(26-2)11-9-14)22-20(25)13-23-18-7-5-4-6-16(18)19(24)12-21-23/h4-12,17H,3,13H2,1-2H3,(H,22,25). The highest BCUT2D eigenvalue weighted by molar-refractivity contribution is 5.81. The third-order valence-electron chi connectivity index (χ3n) is 4.32. The number of nitrogens with zero attached hydrogens (tertiary/aromatic N) is 2. The molecule has 3 rings (SSSR count). The van der Waals surface area contributed by atoms with Crippen LogP contribution in [0.15, 0.2) is 59.5 Å². The topological polar surface area (TPSA) is 73.2 Å². The minimum atomic E-state index is -0.158. The molecular weight excluding hydrogens is 330 g/mol. The monoisotopic (exact) mass is 351 g/mol. The maximum atomic E-state index is 12.5. The summed E-state index contributed by atoms with van der Waals surface area (Å²) in [7, 11) is 1.62. The number of hydrogen-bond donors (Lipinski definition) is 1. The van der Waals surface area contributed by atoms with Crippen LogP contribution >= 0.6 is 0 Å². The van der Waals surface area contributed by atoms with Crippen molar-refractivity contribution in [1.29, 1.82) is 0 Å². The SMILES string of the molecule is CCC(NC(=O)Cn1ncc(=O)c2ccccc21)c1ccc(OC)cc1. The Balaban J connectivity index is 1.77. The highest BCUT2D eigenvalue weighted by Gasteiger charge is 2.14. The Morgan fingerprint density at radius 2 is 1.92 bits per heavy atom. The lowest BCUT2D eigenvalue weighted by molar-refractivity contribution is -0.122. The summed E-state index contributed by atoms with van der Waals surface area (Å²) in [5, 5.41) is 7.68. The average molecular weight is 351 g/mol. The molecule has 2 aromatic carbocycles. The van der Waals surface area contributed by atoms with Gasteiger partial charge in [-0.2, -0.15) is 5.10 Å². The van der Waals surface area contributed by atoms with Crippen LogP contribution in [0.4, 0.5) is 0 Å². The van der Waals surface area contributed by atoms with Crippen LogP contribution in [0, 0.1) is 0 Å². The Bertz CT molecular complexity index is 964. The molecule has 1 N–H and O–H groups in total. The molecule has 1 unspecified atom stereocenters. The molecule has 134 valence electrons. The van der Waals surface area contributed by atoms with Gasteiger partial charge in [0.05, 0.1) is 24.9 Å².